The van der Waals surface area contributed by atoms with Gasteiger partial charge in [0.25, 0.3) is 0 Å². The van der Waals surface area contributed by atoms with Crippen molar-refractivity contribution in [1.82, 2.24) is 4.98 Å². The molecule has 0 aliphatic carbocycles. The lowest BCUT2D eigenvalue weighted by atomic mass is 10.2. The zero-order valence-electron chi connectivity index (χ0n) is 9.27. The van der Waals surface area contributed by atoms with E-state index >= 15 is 0 Å². The van der Waals surface area contributed by atoms with Gasteiger partial charge in [0, 0.05) is 25.1 Å². The van der Waals surface area contributed by atoms with Crippen molar-refractivity contribution in [3.63, 3.8) is 0 Å². The molecule has 0 fully saturated rings. The van der Waals surface area contributed by atoms with Gasteiger partial charge in [-0.25, -0.2) is 0 Å². The highest BCUT2D eigenvalue weighted by atomic mass is 32.2. The predicted molar refractivity (Wildman–Crippen MR) is 64.8 cm³/mol. The van der Waals surface area contributed by atoms with Crippen LogP contribution in [0.3, 0.4) is 0 Å². The summed E-state index contributed by atoms with van der Waals surface area (Å²) in [4.78, 5) is 6.07. The Morgan fingerprint density at radius 3 is 2.60 bits per heavy atom. The van der Waals surface area contributed by atoms with Crippen LogP contribution in [0.2, 0.25) is 0 Å². The van der Waals surface area contributed by atoms with Crippen molar-refractivity contribution in [2.24, 2.45) is 0 Å². The second-order valence-electron chi connectivity index (χ2n) is 3.80. The molecule has 1 aromatic heterocycles. The lowest BCUT2D eigenvalue weighted by Crippen LogP contribution is -2.21. The fourth-order valence-electron chi connectivity index (χ4n) is 0.964. The van der Waals surface area contributed by atoms with Gasteiger partial charge >= 0.3 is 0 Å². The van der Waals surface area contributed by atoms with Gasteiger partial charge in [0.1, 0.15) is 0 Å². The smallest absolute Gasteiger partial charge is 0.0985 e. The number of anilines is 1. The third kappa shape index (κ3) is 3.80. The number of hydrogen-bond donors (Lipinski definition) is 0. The molecular weight excluding hydrogens is 206 g/mol. The summed E-state index contributed by atoms with van der Waals surface area (Å²) < 4.78 is -0.332. The number of rotatable bonds is 4. The van der Waals surface area contributed by atoms with Gasteiger partial charge < -0.3 is 4.90 Å². The quantitative estimate of drug-likeness (QED) is 0.732. The standard InChI is InChI=1S/C11H15N3S/c1-11(2,8-12)15-9-14(3)10-4-6-13-7-5-10/h4-7H,9H2,1-3H3. The van der Waals surface area contributed by atoms with E-state index in [0.717, 1.165) is 11.6 Å². The van der Waals surface area contributed by atoms with Crippen LogP contribution in [0.25, 0.3) is 0 Å². The molecule has 0 amide bonds. The molecule has 1 aromatic rings. The first-order valence-corrected chi connectivity index (χ1v) is 5.70. The third-order valence-electron chi connectivity index (χ3n) is 1.99. The Morgan fingerprint density at radius 2 is 2.07 bits per heavy atom. The average Bonchev–Trinajstić information content (AvgIpc) is 2.27. The summed E-state index contributed by atoms with van der Waals surface area (Å²) in [5.74, 6) is 0.796. The maximum absolute atomic E-state index is 8.88. The topological polar surface area (TPSA) is 39.9 Å². The minimum Gasteiger partial charge on any atom is -0.365 e. The van der Waals surface area contributed by atoms with Gasteiger partial charge in [-0.2, -0.15) is 5.26 Å². The molecular formula is C11H15N3S. The minimum atomic E-state index is -0.332. The number of hydrogen-bond acceptors (Lipinski definition) is 4. The summed E-state index contributed by atoms with van der Waals surface area (Å²) in [5.41, 5.74) is 1.12. The Balaban J connectivity index is 2.52. The van der Waals surface area contributed by atoms with E-state index in [1.807, 2.05) is 33.0 Å². The Bertz CT molecular complexity index is 343. The summed E-state index contributed by atoms with van der Waals surface area (Å²) in [7, 11) is 2.01. The van der Waals surface area contributed by atoms with Crippen LogP contribution in [-0.4, -0.2) is 22.7 Å². The number of nitriles is 1. The van der Waals surface area contributed by atoms with E-state index in [9.17, 15) is 0 Å². The molecule has 1 heterocycles. The van der Waals surface area contributed by atoms with Gasteiger partial charge in [-0.1, -0.05) is 0 Å². The highest BCUT2D eigenvalue weighted by Crippen LogP contribution is 2.25. The Hall–Kier alpha value is -1.21. The molecule has 0 atom stereocenters. The summed E-state index contributed by atoms with van der Waals surface area (Å²) in [5, 5.41) is 8.88. The molecule has 15 heavy (non-hydrogen) atoms. The van der Waals surface area contributed by atoms with Crippen LogP contribution in [0.15, 0.2) is 24.5 Å². The normalized spacial score (nSPS) is 10.8. The molecule has 0 saturated carbocycles. The van der Waals surface area contributed by atoms with Crippen molar-refractivity contribution >= 4 is 17.4 Å². The lowest BCUT2D eigenvalue weighted by molar-refractivity contribution is 0.907. The number of nitrogens with zero attached hydrogens (tertiary/aromatic N) is 3. The van der Waals surface area contributed by atoms with E-state index in [2.05, 4.69) is 16.0 Å². The molecule has 0 N–H and O–H groups in total. The third-order valence-corrected chi connectivity index (χ3v) is 3.32. The maximum atomic E-state index is 8.88. The molecule has 0 bridgehead atoms. The fraction of sp³-hybridized carbons (Fsp3) is 0.455. The van der Waals surface area contributed by atoms with Crippen LogP contribution in [0.5, 0.6) is 0 Å². The maximum Gasteiger partial charge on any atom is 0.0985 e. The van der Waals surface area contributed by atoms with Crippen molar-refractivity contribution < 1.29 is 0 Å². The first kappa shape index (κ1) is 11.9. The van der Waals surface area contributed by atoms with Gasteiger partial charge in [0.05, 0.1) is 16.7 Å². The van der Waals surface area contributed by atoms with Crippen molar-refractivity contribution in [3.05, 3.63) is 24.5 Å². The highest BCUT2D eigenvalue weighted by molar-refractivity contribution is 8.00. The zero-order valence-corrected chi connectivity index (χ0v) is 10.1. The van der Waals surface area contributed by atoms with Crippen LogP contribution in [0.4, 0.5) is 5.69 Å². The predicted octanol–water partition coefficient (Wildman–Crippen LogP) is 2.51. The molecule has 0 saturated heterocycles. The van der Waals surface area contributed by atoms with Crippen molar-refractivity contribution in [2.75, 3.05) is 17.8 Å². The van der Waals surface area contributed by atoms with Gasteiger partial charge in [0.15, 0.2) is 0 Å². The van der Waals surface area contributed by atoms with Crippen LogP contribution in [-0.2, 0) is 0 Å². The molecule has 0 aliphatic rings. The molecule has 0 unspecified atom stereocenters. The Morgan fingerprint density at radius 1 is 1.47 bits per heavy atom. The summed E-state index contributed by atoms with van der Waals surface area (Å²) in [6.07, 6.45) is 3.54. The van der Waals surface area contributed by atoms with E-state index in [1.54, 1.807) is 24.2 Å². The highest BCUT2D eigenvalue weighted by Gasteiger charge is 2.17. The first-order valence-electron chi connectivity index (χ1n) is 4.71. The van der Waals surface area contributed by atoms with Crippen LogP contribution in [0.1, 0.15) is 13.8 Å². The van der Waals surface area contributed by atoms with Gasteiger partial charge in [0.2, 0.25) is 0 Å². The molecule has 0 spiro atoms. The number of pyridine rings is 1. The lowest BCUT2D eigenvalue weighted by Gasteiger charge is -2.22. The van der Waals surface area contributed by atoms with Crippen LogP contribution < -0.4 is 4.90 Å². The average molecular weight is 221 g/mol. The summed E-state index contributed by atoms with van der Waals surface area (Å²) in [6.45, 7) is 3.86. The molecule has 1 rings (SSSR count). The van der Waals surface area contributed by atoms with E-state index in [1.165, 1.54) is 0 Å². The molecule has 4 heteroatoms. The molecule has 0 aromatic carbocycles. The Kier molecular flexibility index (Phi) is 3.98. The molecule has 80 valence electrons. The SMILES string of the molecule is CN(CSC(C)(C)C#N)c1ccncc1. The Labute approximate surface area is 95.1 Å². The van der Waals surface area contributed by atoms with Crippen LogP contribution in [0, 0.1) is 11.3 Å². The second-order valence-corrected chi connectivity index (χ2v) is 5.37. The monoisotopic (exact) mass is 221 g/mol. The first-order chi connectivity index (χ1) is 7.05. The number of aromatic nitrogens is 1. The van der Waals surface area contributed by atoms with Crippen molar-refractivity contribution in [2.45, 2.75) is 18.6 Å². The molecule has 0 radical (unpaired) electrons. The summed E-state index contributed by atoms with van der Waals surface area (Å²) in [6, 6.07) is 6.19. The van der Waals surface area contributed by atoms with E-state index < -0.39 is 0 Å². The zero-order chi connectivity index (χ0) is 11.3. The van der Waals surface area contributed by atoms with Gasteiger partial charge in [-0.3, -0.25) is 4.98 Å². The molecule has 0 aliphatic heterocycles. The largest absolute Gasteiger partial charge is 0.365 e. The minimum absolute atomic E-state index is 0.332. The van der Waals surface area contributed by atoms with E-state index in [-0.39, 0.29) is 4.75 Å². The fourth-order valence-corrected chi connectivity index (χ4v) is 1.69. The number of thioether (sulfide) groups is 1. The van der Waals surface area contributed by atoms with Gasteiger partial charge in [-0.15, -0.1) is 11.8 Å². The van der Waals surface area contributed by atoms with Gasteiger partial charge in [-0.05, 0) is 26.0 Å². The van der Waals surface area contributed by atoms with Crippen molar-refractivity contribution in [3.8, 4) is 6.07 Å². The van der Waals surface area contributed by atoms with Crippen molar-refractivity contribution in [1.29, 1.82) is 5.26 Å². The molecule has 3 nitrogen and oxygen atoms in total. The second kappa shape index (κ2) is 5.04. The van der Waals surface area contributed by atoms with Crippen LogP contribution >= 0.6 is 11.8 Å². The van der Waals surface area contributed by atoms with E-state index in [0.29, 0.717) is 0 Å². The summed E-state index contributed by atoms with van der Waals surface area (Å²) >= 11 is 1.63. The van der Waals surface area contributed by atoms with E-state index in [4.69, 9.17) is 5.26 Å².